The highest BCUT2D eigenvalue weighted by atomic mass is 79.9. The van der Waals surface area contributed by atoms with Crippen LogP contribution in [0.4, 0.5) is 0 Å². The van der Waals surface area contributed by atoms with Gasteiger partial charge in [0.25, 0.3) is 5.91 Å². The van der Waals surface area contributed by atoms with Crippen LogP contribution in [-0.2, 0) is 18.4 Å². The topological polar surface area (TPSA) is 69.0 Å². The third-order valence-corrected chi connectivity index (χ3v) is 3.65. The summed E-state index contributed by atoms with van der Waals surface area (Å²) in [7, 11) is 1.81. The predicted octanol–water partition coefficient (Wildman–Crippen LogP) is 2.31. The van der Waals surface area contributed by atoms with Gasteiger partial charge in [-0.3, -0.25) is 4.79 Å². The van der Waals surface area contributed by atoms with E-state index in [1.165, 1.54) is 0 Å². The maximum Gasteiger partial charge on any atom is 0.261 e. The van der Waals surface area contributed by atoms with Gasteiger partial charge in [-0.25, -0.2) is 0 Å². The Morgan fingerprint density at radius 3 is 2.95 bits per heavy atom. The number of ether oxygens (including phenoxy) is 1. The predicted molar refractivity (Wildman–Crippen MR) is 82.1 cm³/mol. The molecule has 8 heteroatoms. The molecule has 0 saturated heterocycles. The van der Waals surface area contributed by atoms with Gasteiger partial charge in [-0.1, -0.05) is 11.6 Å². The Bertz CT molecular complexity index is 647. The number of aromatic nitrogens is 3. The van der Waals surface area contributed by atoms with Crippen LogP contribution in [0.3, 0.4) is 0 Å². The smallest absolute Gasteiger partial charge is 0.261 e. The lowest BCUT2D eigenvalue weighted by Crippen LogP contribution is -2.36. The molecule has 0 spiro atoms. The highest BCUT2D eigenvalue weighted by Crippen LogP contribution is 2.28. The molecule has 2 rings (SSSR count). The van der Waals surface area contributed by atoms with Gasteiger partial charge < -0.3 is 14.6 Å². The Hall–Kier alpha value is -1.60. The molecule has 0 aliphatic rings. The average molecular weight is 374 g/mol. The minimum absolute atomic E-state index is 0.236. The fourth-order valence-corrected chi connectivity index (χ4v) is 2.37. The highest BCUT2D eigenvalue weighted by Gasteiger charge is 2.16. The minimum Gasteiger partial charge on any atom is -0.480 e. The highest BCUT2D eigenvalue weighted by molar-refractivity contribution is 9.10. The van der Waals surface area contributed by atoms with Gasteiger partial charge in [0.15, 0.2) is 11.9 Å². The Morgan fingerprint density at radius 2 is 2.33 bits per heavy atom. The molecule has 0 saturated carbocycles. The molecule has 0 aliphatic carbocycles. The number of nitrogens with one attached hydrogen (secondary N) is 1. The molecule has 6 nitrogen and oxygen atoms in total. The van der Waals surface area contributed by atoms with E-state index in [0.29, 0.717) is 27.6 Å². The van der Waals surface area contributed by atoms with Crippen molar-refractivity contribution in [3.05, 3.63) is 39.8 Å². The van der Waals surface area contributed by atoms with Crippen LogP contribution in [0.5, 0.6) is 5.75 Å². The summed E-state index contributed by atoms with van der Waals surface area (Å²) in [6, 6.07) is 5.12. The molecule has 0 aliphatic heterocycles. The van der Waals surface area contributed by atoms with Gasteiger partial charge >= 0.3 is 0 Å². The van der Waals surface area contributed by atoms with Crippen molar-refractivity contribution in [1.29, 1.82) is 0 Å². The average Bonchev–Trinajstić information content (AvgIpc) is 2.84. The fraction of sp³-hybridized carbons (Fsp3) is 0.308. The Balaban J connectivity index is 1.92. The van der Waals surface area contributed by atoms with E-state index in [4.69, 9.17) is 16.3 Å². The third-order valence-electron chi connectivity index (χ3n) is 2.79. The number of nitrogens with zero attached hydrogens (tertiary/aromatic N) is 3. The van der Waals surface area contributed by atoms with Crippen molar-refractivity contribution in [2.24, 2.45) is 7.05 Å². The number of benzene rings is 1. The second kappa shape index (κ2) is 6.91. The first kappa shape index (κ1) is 15.8. The summed E-state index contributed by atoms with van der Waals surface area (Å²) in [6.45, 7) is 1.97. The molecule has 1 aromatic carbocycles. The van der Waals surface area contributed by atoms with Gasteiger partial charge in [0.1, 0.15) is 12.1 Å². The van der Waals surface area contributed by atoms with Crippen LogP contribution in [0.15, 0.2) is 29.0 Å². The maximum absolute atomic E-state index is 12.0. The zero-order valence-electron chi connectivity index (χ0n) is 11.5. The Morgan fingerprint density at radius 1 is 1.57 bits per heavy atom. The largest absolute Gasteiger partial charge is 0.480 e. The van der Waals surface area contributed by atoms with Gasteiger partial charge in [0.2, 0.25) is 0 Å². The lowest BCUT2D eigenvalue weighted by Gasteiger charge is -2.15. The van der Waals surface area contributed by atoms with Crippen LogP contribution >= 0.6 is 27.5 Å². The van der Waals surface area contributed by atoms with Crippen LogP contribution in [0.2, 0.25) is 5.02 Å². The van der Waals surface area contributed by atoms with E-state index in [0.717, 1.165) is 0 Å². The summed E-state index contributed by atoms with van der Waals surface area (Å²) in [5.41, 5.74) is 0. The number of hydrogen-bond donors (Lipinski definition) is 1. The van der Waals surface area contributed by atoms with E-state index in [1.807, 2.05) is 7.05 Å². The SMILES string of the molecule is CC(Oc1ccc(Cl)cc1Br)C(=O)NCc1nncn1C. The quantitative estimate of drug-likeness (QED) is 0.873. The molecular weight excluding hydrogens is 360 g/mol. The normalized spacial score (nSPS) is 12.0. The third kappa shape index (κ3) is 4.18. The van der Waals surface area contributed by atoms with Crippen molar-refractivity contribution in [3.63, 3.8) is 0 Å². The number of hydrogen-bond acceptors (Lipinski definition) is 4. The van der Waals surface area contributed by atoms with E-state index in [1.54, 1.807) is 36.0 Å². The summed E-state index contributed by atoms with van der Waals surface area (Å²) < 4.78 is 8.04. The fourth-order valence-electron chi connectivity index (χ4n) is 1.59. The first-order valence-corrected chi connectivity index (χ1v) is 7.36. The zero-order valence-corrected chi connectivity index (χ0v) is 13.8. The van der Waals surface area contributed by atoms with Gasteiger partial charge in [0.05, 0.1) is 11.0 Å². The summed E-state index contributed by atoms with van der Waals surface area (Å²) >= 11 is 9.20. The van der Waals surface area contributed by atoms with Gasteiger partial charge in [0, 0.05) is 12.1 Å². The van der Waals surface area contributed by atoms with Crippen LogP contribution < -0.4 is 10.1 Å². The first-order valence-electron chi connectivity index (χ1n) is 6.19. The van der Waals surface area contributed by atoms with Crippen molar-refractivity contribution in [3.8, 4) is 5.75 Å². The molecular formula is C13H14BrClN4O2. The molecule has 2 aromatic rings. The van der Waals surface area contributed by atoms with Crippen molar-refractivity contribution in [1.82, 2.24) is 20.1 Å². The molecule has 1 N–H and O–H groups in total. The van der Waals surface area contributed by atoms with Gasteiger partial charge in [-0.05, 0) is 41.1 Å². The van der Waals surface area contributed by atoms with Crippen LogP contribution in [0.1, 0.15) is 12.7 Å². The van der Waals surface area contributed by atoms with Crippen LogP contribution in [-0.4, -0.2) is 26.8 Å². The Kier molecular flexibility index (Phi) is 5.19. The molecule has 21 heavy (non-hydrogen) atoms. The molecule has 0 bridgehead atoms. The van der Waals surface area contributed by atoms with E-state index in [-0.39, 0.29) is 5.91 Å². The lowest BCUT2D eigenvalue weighted by atomic mass is 10.3. The van der Waals surface area contributed by atoms with Crippen molar-refractivity contribution in [2.45, 2.75) is 19.6 Å². The molecule has 1 atom stereocenters. The molecule has 1 amide bonds. The summed E-state index contributed by atoms with van der Waals surface area (Å²) in [5.74, 6) is 0.990. The number of carbonyl (C=O) groups is 1. The number of rotatable bonds is 5. The summed E-state index contributed by atoms with van der Waals surface area (Å²) in [5, 5.41) is 11.0. The molecule has 1 aromatic heterocycles. The minimum atomic E-state index is -0.643. The first-order chi connectivity index (χ1) is 9.97. The maximum atomic E-state index is 12.0. The molecule has 0 fully saturated rings. The van der Waals surface area contributed by atoms with Crippen LogP contribution in [0.25, 0.3) is 0 Å². The van der Waals surface area contributed by atoms with Crippen molar-refractivity contribution < 1.29 is 9.53 Å². The van der Waals surface area contributed by atoms with E-state index < -0.39 is 6.10 Å². The monoisotopic (exact) mass is 372 g/mol. The summed E-state index contributed by atoms with van der Waals surface area (Å²) in [6.07, 6.45) is 0.933. The molecule has 0 radical (unpaired) electrons. The zero-order chi connectivity index (χ0) is 15.4. The van der Waals surface area contributed by atoms with Crippen LogP contribution in [0, 0.1) is 0 Å². The second-order valence-corrected chi connectivity index (χ2v) is 5.70. The number of halogens is 2. The molecule has 1 heterocycles. The van der Waals surface area contributed by atoms with Gasteiger partial charge in [-0.2, -0.15) is 0 Å². The second-order valence-electron chi connectivity index (χ2n) is 4.41. The van der Waals surface area contributed by atoms with Crippen molar-refractivity contribution in [2.75, 3.05) is 0 Å². The number of carbonyl (C=O) groups excluding carboxylic acids is 1. The standard InChI is InChI=1S/C13H14BrClN4O2/c1-8(21-11-4-3-9(15)5-10(11)14)13(20)16-6-12-18-17-7-19(12)2/h3-5,7-8H,6H2,1-2H3,(H,16,20). The Labute approximate surface area is 135 Å². The lowest BCUT2D eigenvalue weighted by molar-refractivity contribution is -0.127. The molecule has 1 unspecified atom stereocenters. The number of aryl methyl sites for hydroxylation is 1. The number of amides is 1. The van der Waals surface area contributed by atoms with Gasteiger partial charge in [-0.15, -0.1) is 10.2 Å². The van der Waals surface area contributed by atoms with E-state index in [9.17, 15) is 4.79 Å². The van der Waals surface area contributed by atoms with E-state index in [2.05, 4.69) is 31.4 Å². The van der Waals surface area contributed by atoms with Crippen molar-refractivity contribution >= 4 is 33.4 Å². The van der Waals surface area contributed by atoms with E-state index >= 15 is 0 Å². The molecule has 112 valence electrons. The summed E-state index contributed by atoms with van der Waals surface area (Å²) in [4.78, 5) is 12.0.